The maximum absolute atomic E-state index is 13.7. The number of aromatic nitrogens is 2. The van der Waals surface area contributed by atoms with E-state index < -0.39 is 11.0 Å². The van der Waals surface area contributed by atoms with Crippen LogP contribution in [0.2, 0.25) is 0 Å². The molecule has 0 N–H and O–H groups in total. The first-order valence-electron chi connectivity index (χ1n) is 10.8. The molecule has 8 heteroatoms. The van der Waals surface area contributed by atoms with Gasteiger partial charge in [-0.05, 0) is 55.1 Å². The molecule has 1 saturated heterocycles. The summed E-state index contributed by atoms with van der Waals surface area (Å²) in [6.07, 6.45) is 5.19. The maximum atomic E-state index is 13.7. The second kappa shape index (κ2) is 10.2. The number of quaternary nitrogens is 1. The van der Waals surface area contributed by atoms with E-state index >= 15 is 0 Å². The minimum absolute atomic E-state index is 0.240. The first-order chi connectivity index (χ1) is 14.3. The topological polar surface area (TPSA) is 61.3 Å². The Hall–Kier alpha value is -1.45. The van der Waals surface area contributed by atoms with Crippen LogP contribution in [0, 0.1) is 5.21 Å². The number of unbranched alkanes of at least 4 members (excludes halogenated alkanes) is 3. The fourth-order valence-corrected chi connectivity index (χ4v) is 4.73. The van der Waals surface area contributed by atoms with Crippen LogP contribution in [-0.4, -0.2) is 46.6 Å². The SMILES string of the molecule is CCCCCCc1cccc(C(=S)OC2N(C)CC[N+]2([O-])c2nnc(C(C)C)s2)c1. The molecule has 2 unspecified atom stereocenters. The number of hydroxylamine groups is 2. The Morgan fingerprint density at radius 3 is 2.83 bits per heavy atom. The summed E-state index contributed by atoms with van der Waals surface area (Å²) in [5.41, 5.74) is 2.10. The second-order valence-corrected chi connectivity index (χ2v) is 9.68. The standard InChI is InChI=1S/C22H32N4O2S2/c1-5-6-7-8-10-17-11-9-12-18(15-17)20(29)28-22-25(4)13-14-26(22,27)21-24-23-19(30-21)16(2)3/h9,11-12,15-16,22H,5-8,10,13-14H2,1-4H3. The quantitative estimate of drug-likeness (QED) is 0.227. The second-order valence-electron chi connectivity index (χ2n) is 8.32. The van der Waals surface area contributed by atoms with Crippen molar-refractivity contribution in [2.75, 3.05) is 20.1 Å². The molecule has 1 aliphatic rings. The van der Waals surface area contributed by atoms with E-state index in [1.807, 2.05) is 37.9 Å². The number of hydrogen-bond donors (Lipinski definition) is 0. The summed E-state index contributed by atoms with van der Waals surface area (Å²) in [7, 11) is 1.89. The maximum Gasteiger partial charge on any atom is 0.310 e. The molecule has 6 nitrogen and oxygen atoms in total. The van der Waals surface area contributed by atoms with E-state index in [0.29, 0.717) is 23.3 Å². The fourth-order valence-electron chi connectivity index (χ4n) is 3.60. The average molecular weight is 449 g/mol. The Balaban J connectivity index is 1.72. The summed E-state index contributed by atoms with van der Waals surface area (Å²) < 4.78 is 5.43. The Morgan fingerprint density at radius 2 is 2.13 bits per heavy atom. The van der Waals surface area contributed by atoms with Gasteiger partial charge in [0, 0.05) is 11.5 Å². The third-order valence-corrected chi connectivity index (χ3v) is 7.13. The van der Waals surface area contributed by atoms with E-state index in [0.717, 1.165) is 17.0 Å². The molecule has 164 valence electrons. The molecule has 2 heterocycles. The third kappa shape index (κ3) is 5.23. The van der Waals surface area contributed by atoms with Crippen LogP contribution in [0.1, 0.15) is 68.5 Å². The Morgan fingerprint density at radius 1 is 1.33 bits per heavy atom. The number of thiocarbonyl (C=S) groups is 1. The van der Waals surface area contributed by atoms with E-state index in [-0.39, 0.29) is 5.92 Å². The molecular weight excluding hydrogens is 416 g/mol. The number of aryl methyl sites for hydroxylation is 1. The highest BCUT2D eigenvalue weighted by molar-refractivity contribution is 7.80. The zero-order chi connectivity index (χ0) is 21.7. The van der Waals surface area contributed by atoms with E-state index in [9.17, 15) is 5.21 Å². The van der Waals surface area contributed by atoms with Gasteiger partial charge in [0.05, 0.1) is 6.54 Å². The van der Waals surface area contributed by atoms with Crippen LogP contribution in [0.25, 0.3) is 0 Å². The van der Waals surface area contributed by atoms with Gasteiger partial charge in [0.1, 0.15) is 11.6 Å². The van der Waals surface area contributed by atoms with Crippen molar-refractivity contribution >= 4 is 33.7 Å². The zero-order valence-corrected chi connectivity index (χ0v) is 20.0. The van der Waals surface area contributed by atoms with Gasteiger partial charge >= 0.3 is 11.5 Å². The molecule has 0 radical (unpaired) electrons. The summed E-state index contributed by atoms with van der Waals surface area (Å²) in [5.74, 6) is 0.240. The zero-order valence-electron chi connectivity index (χ0n) is 18.3. The van der Waals surface area contributed by atoms with Crippen LogP contribution in [-0.2, 0) is 11.2 Å². The molecule has 2 aromatic rings. The van der Waals surface area contributed by atoms with Crippen LogP contribution in [0.5, 0.6) is 0 Å². The van der Waals surface area contributed by atoms with Gasteiger partial charge in [-0.25, -0.2) is 4.90 Å². The molecule has 1 fully saturated rings. The van der Waals surface area contributed by atoms with Gasteiger partial charge in [-0.1, -0.05) is 63.3 Å². The number of rotatable bonds is 9. The highest BCUT2D eigenvalue weighted by Gasteiger charge is 2.46. The van der Waals surface area contributed by atoms with Crippen LogP contribution in [0.15, 0.2) is 24.3 Å². The van der Waals surface area contributed by atoms with Crippen LogP contribution < -0.4 is 4.65 Å². The van der Waals surface area contributed by atoms with Crippen molar-refractivity contribution in [3.8, 4) is 0 Å². The van der Waals surface area contributed by atoms with Crippen molar-refractivity contribution in [2.45, 2.75) is 65.1 Å². The van der Waals surface area contributed by atoms with Gasteiger partial charge < -0.3 is 9.94 Å². The third-order valence-electron chi connectivity index (χ3n) is 5.46. The summed E-state index contributed by atoms with van der Waals surface area (Å²) in [6.45, 7) is 7.30. The van der Waals surface area contributed by atoms with Crippen molar-refractivity contribution in [3.63, 3.8) is 0 Å². The Bertz CT molecular complexity index is 857. The summed E-state index contributed by atoms with van der Waals surface area (Å²) in [5, 5.41) is 23.8. The Kier molecular flexibility index (Phi) is 7.92. The first-order valence-corrected chi connectivity index (χ1v) is 12.0. The molecule has 1 aromatic heterocycles. The van der Waals surface area contributed by atoms with Gasteiger partial charge in [-0.2, -0.15) is 0 Å². The minimum atomic E-state index is -0.751. The molecule has 30 heavy (non-hydrogen) atoms. The highest BCUT2D eigenvalue weighted by atomic mass is 32.1. The van der Waals surface area contributed by atoms with Crippen LogP contribution in [0.4, 0.5) is 5.13 Å². The van der Waals surface area contributed by atoms with Gasteiger partial charge in [0.2, 0.25) is 0 Å². The molecule has 1 aromatic carbocycles. The van der Waals surface area contributed by atoms with Gasteiger partial charge in [0.15, 0.2) is 5.05 Å². The van der Waals surface area contributed by atoms with Crippen molar-refractivity contribution in [1.29, 1.82) is 0 Å². The molecule has 0 saturated carbocycles. The molecular formula is C22H32N4O2S2. The number of likely N-dealkylation sites (N-methyl/N-ethyl adjacent to an activating group) is 1. The average Bonchev–Trinajstić information content (AvgIpc) is 3.34. The van der Waals surface area contributed by atoms with E-state index in [1.54, 1.807) is 0 Å². The largest absolute Gasteiger partial charge is 0.622 e. The van der Waals surface area contributed by atoms with Crippen molar-refractivity contribution in [2.24, 2.45) is 0 Å². The van der Waals surface area contributed by atoms with E-state index in [4.69, 9.17) is 17.0 Å². The number of benzene rings is 1. The molecule has 0 amide bonds. The van der Waals surface area contributed by atoms with Gasteiger partial charge in [-0.15, -0.1) is 5.10 Å². The monoisotopic (exact) mass is 448 g/mol. The molecule has 3 rings (SSSR count). The highest BCUT2D eigenvalue weighted by Crippen LogP contribution is 2.36. The number of hydrogen-bond acceptors (Lipinski definition) is 7. The van der Waals surface area contributed by atoms with Crippen molar-refractivity contribution < 1.29 is 4.74 Å². The van der Waals surface area contributed by atoms with Crippen LogP contribution in [0.3, 0.4) is 0 Å². The summed E-state index contributed by atoms with van der Waals surface area (Å²) in [4.78, 5) is 1.91. The predicted molar refractivity (Wildman–Crippen MR) is 128 cm³/mol. The van der Waals surface area contributed by atoms with E-state index in [2.05, 4.69) is 29.3 Å². The Labute approximate surface area is 189 Å². The van der Waals surface area contributed by atoms with E-state index in [1.165, 1.54) is 42.6 Å². The fraction of sp³-hybridized carbons (Fsp3) is 0.591. The summed E-state index contributed by atoms with van der Waals surface area (Å²) in [6, 6.07) is 8.18. The summed E-state index contributed by atoms with van der Waals surface area (Å²) >= 11 is 6.96. The first kappa shape index (κ1) is 23.2. The van der Waals surface area contributed by atoms with Crippen molar-refractivity contribution in [3.05, 3.63) is 45.6 Å². The van der Waals surface area contributed by atoms with Crippen molar-refractivity contribution in [1.82, 2.24) is 19.7 Å². The molecule has 2 atom stereocenters. The molecule has 0 spiro atoms. The van der Waals surface area contributed by atoms with Gasteiger partial charge in [-0.3, -0.25) is 4.65 Å². The number of nitrogens with zero attached hydrogens (tertiary/aromatic N) is 4. The lowest BCUT2D eigenvalue weighted by molar-refractivity contribution is -0.00421. The predicted octanol–water partition coefficient (Wildman–Crippen LogP) is 5.21. The lowest BCUT2D eigenvalue weighted by atomic mass is 10.0. The lowest BCUT2D eigenvalue weighted by Crippen LogP contribution is -2.53. The molecule has 0 bridgehead atoms. The molecule has 1 aliphatic heterocycles. The smallest absolute Gasteiger partial charge is 0.310 e. The lowest BCUT2D eigenvalue weighted by Gasteiger charge is -2.39. The van der Waals surface area contributed by atoms with Gasteiger partial charge in [0.25, 0.3) is 0 Å². The normalized spacial score (nSPS) is 22.0. The molecule has 0 aliphatic carbocycles. The minimum Gasteiger partial charge on any atom is -0.622 e. The number of ether oxygens (including phenoxy) is 1. The van der Waals surface area contributed by atoms with Crippen LogP contribution >= 0.6 is 23.6 Å².